The van der Waals surface area contributed by atoms with Gasteiger partial charge in [-0.05, 0) is 42.7 Å². The number of benzene rings is 1. The van der Waals surface area contributed by atoms with E-state index in [9.17, 15) is 9.59 Å². The smallest absolute Gasteiger partial charge is 0.340 e. The molecule has 196 valence electrons. The first-order valence-corrected chi connectivity index (χ1v) is 13.3. The number of hydrogen-bond donors (Lipinski definition) is 2. The molecule has 0 spiro atoms. The van der Waals surface area contributed by atoms with Crippen LogP contribution in [-0.2, 0) is 14.3 Å². The van der Waals surface area contributed by atoms with Crippen molar-refractivity contribution in [3.8, 4) is 0 Å². The second-order valence-corrected chi connectivity index (χ2v) is 11.2. The summed E-state index contributed by atoms with van der Waals surface area (Å²) in [6.07, 6.45) is 7.72. The summed E-state index contributed by atoms with van der Waals surface area (Å²) in [5.41, 5.74) is 1.83. The highest BCUT2D eigenvalue weighted by atomic mass is 16.6. The van der Waals surface area contributed by atoms with Gasteiger partial charge in [0, 0.05) is 32.5 Å². The zero-order valence-electron chi connectivity index (χ0n) is 22.5. The van der Waals surface area contributed by atoms with E-state index < -0.39 is 5.72 Å². The van der Waals surface area contributed by atoms with E-state index in [0.717, 1.165) is 55.9 Å². The van der Waals surface area contributed by atoms with Crippen molar-refractivity contribution in [1.29, 1.82) is 0 Å². The Hall–Kier alpha value is -2.28. The number of rotatable bonds is 11. The van der Waals surface area contributed by atoms with E-state index in [-0.39, 0.29) is 18.0 Å². The van der Waals surface area contributed by atoms with E-state index in [1.54, 1.807) is 6.07 Å². The van der Waals surface area contributed by atoms with Gasteiger partial charge < -0.3 is 19.7 Å². The molecule has 2 bridgehead atoms. The number of ether oxygens (including phenoxy) is 2. The number of anilines is 2. The van der Waals surface area contributed by atoms with Crippen molar-refractivity contribution in [3.05, 3.63) is 23.8 Å². The first-order chi connectivity index (χ1) is 16.6. The van der Waals surface area contributed by atoms with E-state index in [1.807, 2.05) is 19.2 Å². The molecule has 3 atom stereocenters. The summed E-state index contributed by atoms with van der Waals surface area (Å²) in [7, 11) is 3.20. The fraction of sp³-hybridized carbons (Fsp3) is 0.714. The highest BCUT2D eigenvalue weighted by Gasteiger charge is 2.48. The first-order valence-electron chi connectivity index (χ1n) is 13.3. The highest BCUT2D eigenvalue weighted by molar-refractivity contribution is 5.99. The molecule has 1 aromatic rings. The fourth-order valence-electron chi connectivity index (χ4n) is 5.82. The molecule has 3 rings (SSSR count). The molecule has 2 N–H and O–H groups in total. The maximum absolute atomic E-state index is 12.8. The summed E-state index contributed by atoms with van der Waals surface area (Å²) in [6, 6.07) is 5.87. The topological polar surface area (TPSA) is 79.9 Å². The van der Waals surface area contributed by atoms with Gasteiger partial charge in [0.25, 0.3) is 0 Å². The molecule has 2 fully saturated rings. The molecule has 2 aliphatic rings. The fourth-order valence-corrected chi connectivity index (χ4v) is 5.82. The Labute approximate surface area is 211 Å². The minimum Gasteiger partial charge on any atom is -0.465 e. The van der Waals surface area contributed by atoms with Gasteiger partial charge in [-0.15, -0.1) is 0 Å². The van der Waals surface area contributed by atoms with Gasteiger partial charge >= 0.3 is 11.9 Å². The zero-order chi connectivity index (χ0) is 25.6. The molecule has 0 saturated carbocycles. The van der Waals surface area contributed by atoms with Crippen molar-refractivity contribution in [2.24, 2.45) is 11.3 Å². The van der Waals surface area contributed by atoms with Gasteiger partial charge in [0.1, 0.15) is 0 Å². The lowest BCUT2D eigenvalue weighted by molar-refractivity contribution is -0.162. The third-order valence-electron chi connectivity index (χ3n) is 7.75. The van der Waals surface area contributed by atoms with Crippen LogP contribution in [0.1, 0.15) is 89.4 Å². The molecule has 7 nitrogen and oxygen atoms in total. The lowest BCUT2D eigenvalue weighted by atomic mass is 9.76. The second-order valence-electron chi connectivity index (χ2n) is 11.2. The largest absolute Gasteiger partial charge is 0.465 e. The number of hydrogen-bond acceptors (Lipinski definition) is 7. The summed E-state index contributed by atoms with van der Waals surface area (Å²) in [5.74, 6) is 0.226. The van der Waals surface area contributed by atoms with E-state index in [0.29, 0.717) is 23.9 Å². The number of esters is 2. The van der Waals surface area contributed by atoms with Crippen LogP contribution in [0.15, 0.2) is 18.2 Å². The highest BCUT2D eigenvalue weighted by Crippen LogP contribution is 2.38. The Morgan fingerprint density at radius 1 is 1.26 bits per heavy atom. The number of carbonyl (C=O) groups is 2. The van der Waals surface area contributed by atoms with Gasteiger partial charge in [-0.1, -0.05) is 53.0 Å². The Morgan fingerprint density at radius 2 is 2.03 bits per heavy atom. The van der Waals surface area contributed by atoms with Crippen LogP contribution in [0.5, 0.6) is 0 Å². The lowest BCUT2D eigenvalue weighted by Gasteiger charge is -2.42. The zero-order valence-corrected chi connectivity index (χ0v) is 22.5. The van der Waals surface area contributed by atoms with Crippen molar-refractivity contribution in [1.82, 2.24) is 5.32 Å². The van der Waals surface area contributed by atoms with Crippen molar-refractivity contribution in [2.75, 3.05) is 37.5 Å². The predicted molar refractivity (Wildman–Crippen MR) is 141 cm³/mol. The standard InChI is InChI=1S/C28H45N3O4/c1-7-20(27(2,3)4)12-9-8-10-15-24(32)35-28-17-16-21(30-28)18-31(19-28)23-14-11-13-22(25(23)29-5)26(33)34-6/h11,13-14,20-21,29-30H,7-10,12,15-19H2,1-6H3. The molecule has 0 aliphatic carbocycles. The summed E-state index contributed by atoms with van der Waals surface area (Å²) < 4.78 is 11.1. The Kier molecular flexibility index (Phi) is 9.08. The van der Waals surface area contributed by atoms with Crippen molar-refractivity contribution in [3.63, 3.8) is 0 Å². The molecule has 1 aromatic carbocycles. The van der Waals surface area contributed by atoms with Gasteiger partial charge in [-0.3, -0.25) is 10.1 Å². The molecule has 0 amide bonds. The van der Waals surface area contributed by atoms with Crippen LogP contribution in [-0.4, -0.2) is 51.0 Å². The number of nitrogens with zero attached hydrogens (tertiary/aromatic N) is 1. The van der Waals surface area contributed by atoms with Gasteiger partial charge in [-0.2, -0.15) is 0 Å². The number of fused-ring (bicyclic) bond motifs is 2. The molecule has 35 heavy (non-hydrogen) atoms. The number of piperazine rings is 1. The number of nitrogens with one attached hydrogen (secondary N) is 2. The molecule has 0 radical (unpaired) electrons. The van der Waals surface area contributed by atoms with Crippen LogP contribution >= 0.6 is 0 Å². The number of unbranched alkanes of at least 4 members (excludes halogenated alkanes) is 2. The van der Waals surface area contributed by atoms with Crippen molar-refractivity contribution < 1.29 is 19.1 Å². The summed E-state index contributed by atoms with van der Waals surface area (Å²) in [5, 5.41) is 6.73. The summed E-state index contributed by atoms with van der Waals surface area (Å²) in [6.45, 7) is 10.6. The predicted octanol–water partition coefficient (Wildman–Crippen LogP) is 5.35. The SMILES string of the molecule is CCC(CCCCCC(=O)OC12CCC(CN(c3cccc(C(=O)OC)c3NC)C1)N2)C(C)(C)C. The summed E-state index contributed by atoms with van der Waals surface area (Å²) in [4.78, 5) is 27.3. The minimum absolute atomic E-state index is 0.125. The average molecular weight is 488 g/mol. The maximum atomic E-state index is 12.8. The number of carbonyl (C=O) groups excluding carboxylic acids is 2. The Balaban J connectivity index is 1.58. The third kappa shape index (κ3) is 6.69. The molecule has 3 unspecified atom stereocenters. The molecule has 0 aromatic heterocycles. The van der Waals surface area contributed by atoms with E-state index in [2.05, 4.69) is 43.2 Å². The number of para-hydroxylation sites is 1. The van der Waals surface area contributed by atoms with E-state index in [1.165, 1.54) is 20.0 Å². The Morgan fingerprint density at radius 3 is 2.69 bits per heavy atom. The lowest BCUT2D eigenvalue weighted by Crippen LogP contribution is -2.61. The minimum atomic E-state index is -0.675. The van der Waals surface area contributed by atoms with Crippen LogP contribution in [0, 0.1) is 11.3 Å². The monoisotopic (exact) mass is 487 g/mol. The normalized spacial score (nSPS) is 22.6. The molecular formula is C28H45N3O4. The van der Waals surface area contributed by atoms with Crippen LogP contribution in [0.4, 0.5) is 11.4 Å². The summed E-state index contributed by atoms with van der Waals surface area (Å²) >= 11 is 0. The first kappa shape index (κ1) is 27.3. The van der Waals surface area contributed by atoms with E-state index >= 15 is 0 Å². The van der Waals surface area contributed by atoms with Gasteiger partial charge in [0.2, 0.25) is 0 Å². The van der Waals surface area contributed by atoms with Gasteiger partial charge in [0.05, 0.1) is 30.6 Å². The van der Waals surface area contributed by atoms with Crippen molar-refractivity contribution in [2.45, 2.75) is 90.8 Å². The van der Waals surface area contributed by atoms with Crippen LogP contribution < -0.4 is 15.5 Å². The molecular weight excluding hydrogens is 442 g/mol. The van der Waals surface area contributed by atoms with Crippen LogP contribution in [0.25, 0.3) is 0 Å². The quantitative estimate of drug-likeness (QED) is 0.322. The molecule has 2 saturated heterocycles. The second kappa shape index (κ2) is 11.6. The van der Waals surface area contributed by atoms with E-state index in [4.69, 9.17) is 9.47 Å². The van der Waals surface area contributed by atoms with Crippen LogP contribution in [0.2, 0.25) is 0 Å². The van der Waals surface area contributed by atoms with Gasteiger partial charge in [0.15, 0.2) is 5.72 Å². The maximum Gasteiger partial charge on any atom is 0.340 e. The molecule has 2 aliphatic heterocycles. The molecule has 2 heterocycles. The third-order valence-corrected chi connectivity index (χ3v) is 7.75. The number of methoxy groups -OCH3 is 1. The molecule has 7 heteroatoms. The van der Waals surface area contributed by atoms with Gasteiger partial charge in [-0.25, -0.2) is 4.79 Å². The average Bonchev–Trinajstić information content (AvgIpc) is 3.12. The Bertz CT molecular complexity index is 881. The van der Waals surface area contributed by atoms with Crippen molar-refractivity contribution >= 4 is 23.3 Å². The van der Waals surface area contributed by atoms with Crippen LogP contribution in [0.3, 0.4) is 0 Å².